The van der Waals surface area contributed by atoms with E-state index in [1.54, 1.807) is 0 Å². The maximum Gasteiger partial charge on any atom is 0.144 e. The highest BCUT2D eigenvalue weighted by Gasteiger charge is 2.39. The maximum atomic E-state index is 7.23. The topological polar surface area (TPSA) is 9.23 Å². The Labute approximate surface area is 219 Å². The number of benzene rings is 3. The third-order valence-electron chi connectivity index (χ3n) is 7.23. The summed E-state index contributed by atoms with van der Waals surface area (Å²) >= 11 is 2.33. The first-order valence-corrected chi connectivity index (χ1v) is 14.2. The van der Waals surface area contributed by atoms with Crippen molar-refractivity contribution in [3.8, 4) is 0 Å². The molecule has 1 saturated carbocycles. The SMILES string of the molecule is I/C=C/C(CCCCCC1CCCC1)OC(c1ccccc1)(c1ccccc1)c1ccccc1. The van der Waals surface area contributed by atoms with Gasteiger partial charge in [-0.25, -0.2) is 0 Å². The van der Waals surface area contributed by atoms with Crippen molar-refractivity contribution < 1.29 is 4.74 Å². The third-order valence-corrected chi connectivity index (χ3v) is 7.65. The van der Waals surface area contributed by atoms with E-state index >= 15 is 0 Å². The average molecular weight is 565 g/mol. The van der Waals surface area contributed by atoms with Crippen LogP contribution in [-0.2, 0) is 10.3 Å². The van der Waals surface area contributed by atoms with E-state index in [4.69, 9.17) is 4.74 Å². The lowest BCUT2D eigenvalue weighted by atomic mass is 9.79. The van der Waals surface area contributed by atoms with Crippen LogP contribution >= 0.6 is 22.6 Å². The smallest absolute Gasteiger partial charge is 0.144 e. The molecule has 34 heavy (non-hydrogen) atoms. The van der Waals surface area contributed by atoms with E-state index in [9.17, 15) is 0 Å². The molecule has 178 valence electrons. The number of halogens is 1. The van der Waals surface area contributed by atoms with E-state index in [2.05, 4.69) is 124 Å². The monoisotopic (exact) mass is 564 g/mol. The second-order valence-corrected chi connectivity index (χ2v) is 10.3. The molecule has 0 N–H and O–H groups in total. The van der Waals surface area contributed by atoms with Gasteiger partial charge in [0.05, 0.1) is 6.10 Å². The lowest BCUT2D eigenvalue weighted by Gasteiger charge is -2.38. The first kappa shape index (κ1) is 25.2. The van der Waals surface area contributed by atoms with Crippen LogP contribution in [0.15, 0.2) is 101 Å². The van der Waals surface area contributed by atoms with E-state index in [1.165, 1.54) is 68.1 Å². The molecular weight excluding hydrogens is 527 g/mol. The van der Waals surface area contributed by atoms with Crippen molar-refractivity contribution in [3.63, 3.8) is 0 Å². The maximum absolute atomic E-state index is 7.23. The van der Waals surface area contributed by atoms with Gasteiger partial charge in [0.2, 0.25) is 0 Å². The predicted octanol–water partition coefficient (Wildman–Crippen LogP) is 9.45. The van der Waals surface area contributed by atoms with Crippen LogP contribution in [0.3, 0.4) is 0 Å². The van der Waals surface area contributed by atoms with Crippen molar-refractivity contribution >= 4 is 22.6 Å². The Morgan fingerprint density at radius 1 is 0.735 bits per heavy atom. The van der Waals surface area contributed by atoms with E-state index in [-0.39, 0.29) is 6.10 Å². The van der Waals surface area contributed by atoms with Gasteiger partial charge in [0.1, 0.15) is 5.60 Å². The Hall–Kier alpha value is -1.91. The van der Waals surface area contributed by atoms with Gasteiger partial charge in [0, 0.05) is 0 Å². The second-order valence-electron chi connectivity index (χ2n) is 9.54. The summed E-state index contributed by atoms with van der Waals surface area (Å²) in [6.45, 7) is 0. The number of hydrogen-bond acceptors (Lipinski definition) is 1. The Kier molecular flexibility index (Phi) is 9.82. The van der Waals surface area contributed by atoms with Crippen LogP contribution in [0.2, 0.25) is 0 Å². The van der Waals surface area contributed by atoms with Gasteiger partial charge >= 0.3 is 0 Å². The highest BCUT2D eigenvalue weighted by atomic mass is 127. The van der Waals surface area contributed by atoms with Crippen LogP contribution in [0.5, 0.6) is 0 Å². The molecule has 0 radical (unpaired) electrons. The summed E-state index contributed by atoms with van der Waals surface area (Å²) < 4.78 is 9.34. The Bertz CT molecular complexity index is 881. The summed E-state index contributed by atoms with van der Waals surface area (Å²) in [5.74, 6) is 0.989. The standard InChI is InChI=1S/C32H37IO/c33-26-25-31(24-12-1-5-15-27-16-13-14-17-27)34-32(28-18-6-2-7-19-28,29-20-8-3-9-21-29)30-22-10-4-11-23-30/h2-4,6-11,18-23,25-27,31H,1,5,12-17,24H2/b26-25+. The summed E-state index contributed by atoms with van der Waals surface area (Å²) in [4.78, 5) is 0. The van der Waals surface area contributed by atoms with E-state index in [1.807, 2.05) is 0 Å². The molecule has 3 aromatic rings. The molecule has 0 saturated heterocycles. The molecule has 1 aliphatic carbocycles. The first-order valence-electron chi connectivity index (χ1n) is 12.9. The average Bonchev–Trinajstić information content (AvgIpc) is 3.42. The fourth-order valence-electron chi connectivity index (χ4n) is 5.48. The van der Waals surface area contributed by atoms with Crippen molar-refractivity contribution in [2.45, 2.75) is 69.5 Å². The van der Waals surface area contributed by atoms with Crippen LogP contribution in [0.1, 0.15) is 74.5 Å². The third kappa shape index (κ3) is 6.40. The van der Waals surface area contributed by atoms with Crippen LogP contribution in [-0.4, -0.2) is 6.10 Å². The predicted molar refractivity (Wildman–Crippen MR) is 152 cm³/mol. The second kappa shape index (κ2) is 13.3. The van der Waals surface area contributed by atoms with Crippen molar-refractivity contribution in [1.29, 1.82) is 0 Å². The number of rotatable bonds is 12. The zero-order valence-electron chi connectivity index (χ0n) is 20.1. The first-order chi connectivity index (χ1) is 16.8. The molecule has 0 bridgehead atoms. The summed E-state index contributed by atoms with van der Waals surface area (Å²) in [6.07, 6.45) is 14.4. The Balaban J connectivity index is 1.59. The molecule has 2 heteroatoms. The van der Waals surface area contributed by atoms with Gasteiger partial charge < -0.3 is 4.74 Å². The van der Waals surface area contributed by atoms with Crippen LogP contribution in [0.4, 0.5) is 0 Å². The molecule has 0 aliphatic heterocycles. The zero-order chi connectivity index (χ0) is 23.5. The summed E-state index contributed by atoms with van der Waals surface area (Å²) in [7, 11) is 0. The van der Waals surface area contributed by atoms with Gasteiger partial charge in [-0.15, -0.1) is 0 Å². The lowest BCUT2D eigenvalue weighted by Crippen LogP contribution is -2.36. The van der Waals surface area contributed by atoms with Gasteiger partial charge in [-0.05, 0) is 39.2 Å². The highest BCUT2D eigenvalue weighted by Crippen LogP contribution is 2.42. The number of ether oxygens (including phenoxy) is 1. The molecule has 1 aliphatic rings. The normalized spacial score (nSPS) is 15.7. The number of unbranched alkanes of at least 4 members (excludes halogenated alkanes) is 2. The van der Waals surface area contributed by atoms with Crippen molar-refractivity contribution in [2.24, 2.45) is 5.92 Å². The fourth-order valence-corrected chi connectivity index (χ4v) is 5.94. The van der Waals surface area contributed by atoms with Crippen LogP contribution in [0.25, 0.3) is 0 Å². The minimum absolute atomic E-state index is 0.0454. The Morgan fingerprint density at radius 2 is 1.24 bits per heavy atom. The molecule has 1 atom stereocenters. The zero-order valence-corrected chi connectivity index (χ0v) is 22.3. The largest absolute Gasteiger partial charge is 0.354 e. The van der Waals surface area contributed by atoms with E-state index < -0.39 is 5.60 Å². The van der Waals surface area contributed by atoms with Gasteiger partial charge in [0.15, 0.2) is 0 Å². The van der Waals surface area contributed by atoms with Crippen LogP contribution in [0, 0.1) is 5.92 Å². The molecular formula is C32H37IO. The minimum atomic E-state index is -0.658. The molecule has 4 rings (SSSR count). The molecule has 0 amide bonds. The van der Waals surface area contributed by atoms with E-state index in [0.29, 0.717) is 0 Å². The molecule has 0 aromatic heterocycles. The molecule has 3 aromatic carbocycles. The molecule has 1 fully saturated rings. The van der Waals surface area contributed by atoms with Gasteiger partial charge in [-0.2, -0.15) is 0 Å². The summed E-state index contributed by atoms with van der Waals surface area (Å²) in [5.41, 5.74) is 2.84. The van der Waals surface area contributed by atoms with Gasteiger partial charge in [-0.3, -0.25) is 0 Å². The Morgan fingerprint density at radius 3 is 1.71 bits per heavy atom. The quantitative estimate of drug-likeness (QED) is 0.121. The highest BCUT2D eigenvalue weighted by molar-refractivity contribution is 14.1. The van der Waals surface area contributed by atoms with Crippen molar-refractivity contribution in [2.75, 3.05) is 0 Å². The van der Waals surface area contributed by atoms with Gasteiger partial charge in [-0.1, -0.05) is 165 Å². The molecule has 0 heterocycles. The van der Waals surface area contributed by atoms with Crippen molar-refractivity contribution in [3.05, 3.63) is 118 Å². The summed E-state index contributed by atoms with van der Waals surface area (Å²) in [5, 5.41) is 0. The molecule has 1 nitrogen and oxygen atoms in total. The minimum Gasteiger partial charge on any atom is -0.354 e. The van der Waals surface area contributed by atoms with Crippen LogP contribution < -0.4 is 0 Å². The number of hydrogen-bond donors (Lipinski definition) is 0. The molecule has 0 spiro atoms. The van der Waals surface area contributed by atoms with Gasteiger partial charge in [0.25, 0.3) is 0 Å². The summed E-state index contributed by atoms with van der Waals surface area (Å²) in [6, 6.07) is 32.1. The fraction of sp³-hybridized carbons (Fsp3) is 0.375. The van der Waals surface area contributed by atoms with Crippen molar-refractivity contribution in [1.82, 2.24) is 0 Å². The molecule has 1 unspecified atom stereocenters. The lowest BCUT2D eigenvalue weighted by molar-refractivity contribution is -0.0285. The van der Waals surface area contributed by atoms with E-state index in [0.717, 1.165) is 12.3 Å².